The van der Waals surface area contributed by atoms with E-state index < -0.39 is 12.2 Å². The predicted octanol–water partition coefficient (Wildman–Crippen LogP) is -0.599. The van der Waals surface area contributed by atoms with Crippen molar-refractivity contribution in [2.24, 2.45) is 0 Å². The standard InChI is InChI=1S/C12H22BNO3/c1-4-12(3)11-8(14(12)7(2)13)5-9(16)10(6-15)17-11/h8-11,13,15-16H,4-6H2,1-3H3. The predicted molar refractivity (Wildman–Crippen MR) is 68.5 cm³/mol. The van der Waals surface area contributed by atoms with E-state index >= 15 is 0 Å². The molecule has 96 valence electrons. The second-order valence-corrected chi connectivity index (χ2v) is 5.46. The number of ether oxygens (including phenoxy) is 1. The minimum absolute atomic E-state index is 0.0515. The molecule has 0 spiro atoms. The monoisotopic (exact) mass is 239 g/mol. The molecular weight excluding hydrogens is 217 g/mol. The maximum absolute atomic E-state index is 9.89. The molecule has 0 bridgehead atoms. The summed E-state index contributed by atoms with van der Waals surface area (Å²) >= 11 is 0. The minimum atomic E-state index is -0.579. The molecule has 0 aromatic heterocycles. The van der Waals surface area contributed by atoms with Crippen LogP contribution in [0.4, 0.5) is 0 Å². The van der Waals surface area contributed by atoms with Gasteiger partial charge in [0.25, 0.3) is 0 Å². The third-order valence-corrected chi connectivity index (χ3v) is 4.38. The molecule has 2 aliphatic heterocycles. The van der Waals surface area contributed by atoms with Crippen molar-refractivity contribution in [1.82, 2.24) is 4.90 Å². The Hall–Kier alpha value is -0.385. The quantitative estimate of drug-likeness (QED) is 0.646. The first-order valence-electron chi connectivity index (χ1n) is 6.35. The fourth-order valence-corrected chi connectivity index (χ4v) is 3.38. The van der Waals surface area contributed by atoms with E-state index in [0.717, 1.165) is 12.0 Å². The van der Waals surface area contributed by atoms with Gasteiger partial charge in [-0.15, -0.1) is 0 Å². The zero-order valence-electron chi connectivity index (χ0n) is 10.9. The van der Waals surface area contributed by atoms with E-state index in [0.29, 0.717) is 6.42 Å². The molecule has 0 saturated carbocycles. The van der Waals surface area contributed by atoms with Gasteiger partial charge >= 0.3 is 103 Å². The molecule has 0 aromatic carbocycles. The van der Waals surface area contributed by atoms with Gasteiger partial charge in [0.2, 0.25) is 0 Å². The normalized spacial score (nSPS) is 45.1. The van der Waals surface area contributed by atoms with Crippen molar-refractivity contribution >= 4 is 13.1 Å². The first kappa shape index (κ1) is 13.1. The number of likely N-dealkylation sites (tertiary alicyclic amines) is 1. The van der Waals surface area contributed by atoms with Crippen LogP contribution in [0.15, 0.2) is 0 Å². The van der Waals surface area contributed by atoms with E-state index in [-0.39, 0.29) is 24.3 Å². The van der Waals surface area contributed by atoms with Gasteiger partial charge in [0.1, 0.15) is 0 Å². The van der Waals surface area contributed by atoms with Crippen molar-refractivity contribution in [2.75, 3.05) is 6.61 Å². The molecule has 2 N–H and O–H groups in total. The van der Waals surface area contributed by atoms with Gasteiger partial charge in [-0.25, -0.2) is 0 Å². The Labute approximate surface area is 104 Å². The van der Waals surface area contributed by atoms with Gasteiger partial charge in [0, 0.05) is 0 Å². The van der Waals surface area contributed by atoms with Crippen LogP contribution in [0.1, 0.15) is 33.6 Å². The molecule has 0 radical (unpaired) electrons. The van der Waals surface area contributed by atoms with Gasteiger partial charge in [-0.2, -0.15) is 0 Å². The van der Waals surface area contributed by atoms with Crippen molar-refractivity contribution in [2.45, 2.75) is 63.5 Å². The van der Waals surface area contributed by atoms with Crippen molar-refractivity contribution in [3.05, 3.63) is 0 Å². The molecule has 0 amide bonds. The van der Waals surface area contributed by atoms with Gasteiger partial charge < -0.3 is 0 Å². The second kappa shape index (κ2) is 4.37. The number of hydrogen-bond acceptors (Lipinski definition) is 4. The second-order valence-electron chi connectivity index (χ2n) is 5.46. The summed E-state index contributed by atoms with van der Waals surface area (Å²) in [5.41, 5.74) is 0.971. The SMILES string of the molecule is B=C(C)N1C2CC(O)C(CO)OC2C1(C)CC. The van der Waals surface area contributed by atoms with Crippen LogP contribution in [0.2, 0.25) is 0 Å². The number of aliphatic hydroxyl groups is 2. The van der Waals surface area contributed by atoms with E-state index in [4.69, 9.17) is 4.74 Å². The molecule has 2 saturated heterocycles. The molecule has 17 heavy (non-hydrogen) atoms. The van der Waals surface area contributed by atoms with Crippen LogP contribution in [0, 0.1) is 0 Å². The van der Waals surface area contributed by atoms with Crippen molar-refractivity contribution in [3.8, 4) is 0 Å². The summed E-state index contributed by atoms with van der Waals surface area (Å²) in [5.74, 6) is 0. The van der Waals surface area contributed by atoms with Crippen LogP contribution in [-0.2, 0) is 4.74 Å². The Morgan fingerprint density at radius 1 is 1.59 bits per heavy atom. The summed E-state index contributed by atoms with van der Waals surface area (Å²) in [6.07, 6.45) is 0.691. The number of nitrogens with zero attached hydrogens (tertiary/aromatic N) is 1. The fourth-order valence-electron chi connectivity index (χ4n) is 3.38. The summed E-state index contributed by atoms with van der Waals surface area (Å²) in [6, 6.07) is 0.204. The first-order chi connectivity index (χ1) is 7.95. The summed E-state index contributed by atoms with van der Waals surface area (Å²) in [6.45, 7) is 6.18. The summed E-state index contributed by atoms with van der Waals surface area (Å²) < 4.78 is 5.85. The molecule has 0 aliphatic carbocycles. The topological polar surface area (TPSA) is 52.9 Å². The number of fused-ring (bicyclic) bond motifs is 1. The molecule has 4 nitrogen and oxygen atoms in total. The Morgan fingerprint density at radius 3 is 2.71 bits per heavy atom. The molecule has 5 heteroatoms. The average molecular weight is 239 g/mol. The van der Waals surface area contributed by atoms with Crippen LogP contribution in [0.5, 0.6) is 0 Å². The van der Waals surface area contributed by atoms with E-state index in [1.54, 1.807) is 0 Å². The number of rotatable bonds is 3. The Balaban J connectivity index is 2.19. The Morgan fingerprint density at radius 2 is 2.24 bits per heavy atom. The van der Waals surface area contributed by atoms with E-state index in [1.807, 2.05) is 6.92 Å². The molecule has 2 rings (SSSR count). The molecule has 0 aromatic rings. The summed E-state index contributed by atoms with van der Waals surface area (Å²) in [5, 5.41) is 19.1. The maximum atomic E-state index is 9.89. The van der Waals surface area contributed by atoms with Crippen LogP contribution in [-0.4, -0.2) is 64.7 Å². The zero-order chi connectivity index (χ0) is 12.8. The van der Waals surface area contributed by atoms with Crippen LogP contribution >= 0.6 is 0 Å². The average Bonchev–Trinajstić information content (AvgIpc) is 2.27. The molecule has 2 aliphatic rings. The van der Waals surface area contributed by atoms with Crippen molar-refractivity contribution in [1.29, 1.82) is 0 Å². The molecule has 2 heterocycles. The summed E-state index contributed by atoms with van der Waals surface area (Å²) in [4.78, 5) is 2.26. The zero-order valence-corrected chi connectivity index (χ0v) is 10.9. The van der Waals surface area contributed by atoms with Gasteiger partial charge in [0.05, 0.1) is 0 Å². The van der Waals surface area contributed by atoms with Crippen LogP contribution < -0.4 is 0 Å². The molecule has 5 atom stereocenters. The molecule has 2 fully saturated rings. The summed E-state index contributed by atoms with van der Waals surface area (Å²) in [7, 11) is 4.02. The van der Waals surface area contributed by atoms with Gasteiger partial charge in [-0.1, -0.05) is 0 Å². The van der Waals surface area contributed by atoms with Crippen molar-refractivity contribution < 1.29 is 14.9 Å². The Kier molecular flexibility index (Phi) is 3.36. The Bertz CT molecular complexity index is 325. The third kappa shape index (κ3) is 1.75. The third-order valence-electron chi connectivity index (χ3n) is 4.38. The first-order valence-corrected chi connectivity index (χ1v) is 6.35. The molecular formula is C12H22BNO3. The van der Waals surface area contributed by atoms with Gasteiger partial charge in [-0.3, -0.25) is 0 Å². The van der Waals surface area contributed by atoms with E-state index in [1.165, 1.54) is 0 Å². The van der Waals surface area contributed by atoms with Gasteiger partial charge in [0.15, 0.2) is 0 Å². The fraction of sp³-hybridized carbons (Fsp3) is 0.917. The van der Waals surface area contributed by atoms with Crippen LogP contribution in [0.3, 0.4) is 0 Å². The van der Waals surface area contributed by atoms with E-state index in [2.05, 4.69) is 26.2 Å². The van der Waals surface area contributed by atoms with Crippen molar-refractivity contribution in [3.63, 3.8) is 0 Å². The van der Waals surface area contributed by atoms with Gasteiger partial charge in [-0.05, 0) is 0 Å². The molecule has 5 unspecified atom stereocenters. The van der Waals surface area contributed by atoms with E-state index in [9.17, 15) is 10.2 Å². The van der Waals surface area contributed by atoms with Crippen LogP contribution in [0.25, 0.3) is 0 Å². The number of aliphatic hydroxyl groups excluding tert-OH is 2. The number of hydrogen-bond donors (Lipinski definition) is 2.